The summed E-state index contributed by atoms with van der Waals surface area (Å²) in [7, 11) is -3.76. The molecule has 0 radical (unpaired) electrons. The second-order valence-corrected chi connectivity index (χ2v) is 6.20. The van der Waals surface area contributed by atoms with E-state index in [-0.39, 0.29) is 15.4 Å². The molecule has 2 aromatic rings. The molecule has 0 saturated heterocycles. The van der Waals surface area contributed by atoms with Crippen molar-refractivity contribution in [2.75, 3.05) is 0 Å². The van der Waals surface area contributed by atoms with Gasteiger partial charge in [-0.05, 0) is 31.2 Å². The van der Waals surface area contributed by atoms with Crippen LogP contribution in [0.4, 0.5) is 0 Å². The number of hydrogen-bond donors (Lipinski definition) is 2. The van der Waals surface area contributed by atoms with Crippen LogP contribution in [0.1, 0.15) is 15.9 Å². The highest BCUT2D eigenvalue weighted by atomic mass is 32.2. The topological polar surface area (TPSA) is 89.3 Å². The van der Waals surface area contributed by atoms with Gasteiger partial charge in [0.15, 0.2) is 0 Å². The third-order valence-corrected chi connectivity index (χ3v) is 4.71. The summed E-state index contributed by atoms with van der Waals surface area (Å²) in [5, 5.41) is 0. The highest BCUT2D eigenvalue weighted by Crippen LogP contribution is 2.24. The fourth-order valence-corrected chi connectivity index (χ4v) is 3.27. The molecule has 0 spiro atoms. The maximum atomic E-state index is 12.6. The Morgan fingerprint density at radius 3 is 2.25 bits per heavy atom. The fourth-order valence-electron chi connectivity index (χ4n) is 1.81. The molecule has 0 aliphatic heterocycles. The van der Waals surface area contributed by atoms with Crippen molar-refractivity contribution in [1.29, 1.82) is 0 Å². The van der Waals surface area contributed by atoms with Crippen molar-refractivity contribution in [2.24, 2.45) is 5.84 Å². The van der Waals surface area contributed by atoms with Gasteiger partial charge in [-0.2, -0.15) is 0 Å². The van der Waals surface area contributed by atoms with Gasteiger partial charge < -0.3 is 0 Å². The van der Waals surface area contributed by atoms with Gasteiger partial charge in [-0.1, -0.05) is 29.8 Å². The van der Waals surface area contributed by atoms with E-state index in [1.807, 2.05) is 12.3 Å². The summed E-state index contributed by atoms with van der Waals surface area (Å²) >= 11 is 0. The van der Waals surface area contributed by atoms with Crippen LogP contribution in [0.2, 0.25) is 0 Å². The van der Waals surface area contributed by atoms with E-state index in [9.17, 15) is 13.2 Å². The van der Waals surface area contributed by atoms with Crippen molar-refractivity contribution >= 4 is 15.7 Å². The quantitative estimate of drug-likeness (QED) is 0.508. The lowest BCUT2D eigenvalue weighted by Gasteiger charge is -2.09. The smallest absolute Gasteiger partial charge is 0.266 e. The Bertz CT molecular complexity index is 737. The van der Waals surface area contributed by atoms with Gasteiger partial charge in [0.2, 0.25) is 9.84 Å². The van der Waals surface area contributed by atoms with Crippen LogP contribution in [-0.4, -0.2) is 14.3 Å². The number of hydrogen-bond acceptors (Lipinski definition) is 4. The van der Waals surface area contributed by atoms with Crippen molar-refractivity contribution < 1.29 is 13.2 Å². The Hall–Kier alpha value is -2.18. The van der Waals surface area contributed by atoms with E-state index in [0.717, 1.165) is 5.56 Å². The predicted octanol–water partition coefficient (Wildman–Crippen LogP) is 1.43. The molecule has 0 aliphatic carbocycles. The van der Waals surface area contributed by atoms with Crippen molar-refractivity contribution in [2.45, 2.75) is 16.7 Å². The molecule has 0 atom stereocenters. The summed E-state index contributed by atoms with van der Waals surface area (Å²) in [6.45, 7) is 1.87. The molecule has 0 aromatic heterocycles. The zero-order valence-electron chi connectivity index (χ0n) is 10.8. The van der Waals surface area contributed by atoms with Gasteiger partial charge in [0, 0.05) is 0 Å². The van der Waals surface area contributed by atoms with Gasteiger partial charge >= 0.3 is 0 Å². The molecule has 1 amide bonds. The number of aryl methyl sites for hydroxylation is 1. The first-order chi connectivity index (χ1) is 9.46. The van der Waals surface area contributed by atoms with E-state index in [4.69, 9.17) is 5.84 Å². The lowest BCUT2D eigenvalue weighted by Crippen LogP contribution is -2.31. The number of nitrogen functional groups attached to an aromatic ring is 1. The number of rotatable bonds is 3. The van der Waals surface area contributed by atoms with Crippen LogP contribution in [0.3, 0.4) is 0 Å². The standard InChI is InChI=1S/C14H14N2O3S/c1-10-6-8-11(9-7-10)20(18,19)13-5-3-2-4-12(13)14(17)16-15/h2-9H,15H2,1H3,(H,16,17). The summed E-state index contributed by atoms with van der Waals surface area (Å²) in [6.07, 6.45) is 0. The summed E-state index contributed by atoms with van der Waals surface area (Å²) in [6, 6.07) is 12.4. The zero-order chi connectivity index (χ0) is 14.8. The van der Waals surface area contributed by atoms with Crippen LogP contribution < -0.4 is 11.3 Å². The first-order valence-electron chi connectivity index (χ1n) is 5.88. The van der Waals surface area contributed by atoms with E-state index in [1.54, 1.807) is 24.3 Å². The summed E-state index contributed by atoms with van der Waals surface area (Å²) < 4.78 is 25.1. The zero-order valence-corrected chi connectivity index (χ0v) is 11.6. The Morgan fingerprint density at radius 2 is 1.65 bits per heavy atom. The Kier molecular flexibility index (Phi) is 3.87. The molecule has 0 fully saturated rings. The molecule has 5 nitrogen and oxygen atoms in total. The summed E-state index contributed by atoms with van der Waals surface area (Å²) in [5.74, 6) is 4.44. The molecule has 104 valence electrons. The van der Waals surface area contributed by atoms with Crippen LogP contribution >= 0.6 is 0 Å². The fraction of sp³-hybridized carbons (Fsp3) is 0.0714. The van der Waals surface area contributed by atoms with Gasteiger partial charge in [-0.15, -0.1) is 0 Å². The number of hydrazine groups is 1. The van der Waals surface area contributed by atoms with Gasteiger partial charge in [0.1, 0.15) is 0 Å². The largest absolute Gasteiger partial charge is 0.290 e. The minimum atomic E-state index is -3.76. The molecular weight excluding hydrogens is 276 g/mol. The Morgan fingerprint density at radius 1 is 1.05 bits per heavy atom. The van der Waals surface area contributed by atoms with E-state index in [1.165, 1.54) is 24.3 Å². The van der Waals surface area contributed by atoms with Crippen LogP contribution in [0.5, 0.6) is 0 Å². The average molecular weight is 290 g/mol. The highest BCUT2D eigenvalue weighted by molar-refractivity contribution is 7.91. The molecule has 20 heavy (non-hydrogen) atoms. The molecule has 0 bridgehead atoms. The van der Waals surface area contributed by atoms with Crippen LogP contribution in [-0.2, 0) is 9.84 Å². The second kappa shape index (κ2) is 5.44. The predicted molar refractivity (Wildman–Crippen MR) is 74.7 cm³/mol. The lowest BCUT2D eigenvalue weighted by atomic mass is 10.2. The number of nitrogens with two attached hydrogens (primary N) is 1. The number of benzene rings is 2. The number of amides is 1. The Balaban J connectivity index is 2.61. The van der Waals surface area contributed by atoms with Gasteiger partial charge in [0.25, 0.3) is 5.91 Å². The number of sulfone groups is 1. The van der Waals surface area contributed by atoms with Crippen LogP contribution in [0.15, 0.2) is 58.3 Å². The number of carbonyl (C=O) groups is 1. The molecule has 6 heteroatoms. The SMILES string of the molecule is Cc1ccc(S(=O)(=O)c2ccccc2C(=O)NN)cc1. The van der Waals surface area contributed by atoms with Crippen molar-refractivity contribution in [3.63, 3.8) is 0 Å². The molecule has 3 N–H and O–H groups in total. The molecule has 0 heterocycles. The number of carbonyl (C=O) groups excluding carboxylic acids is 1. The first kappa shape index (κ1) is 14.2. The van der Waals surface area contributed by atoms with Crippen molar-refractivity contribution in [3.8, 4) is 0 Å². The minimum Gasteiger partial charge on any atom is -0.290 e. The molecule has 0 unspecified atom stereocenters. The van der Waals surface area contributed by atoms with Gasteiger partial charge in [-0.25, -0.2) is 14.3 Å². The van der Waals surface area contributed by atoms with Crippen molar-refractivity contribution in [3.05, 3.63) is 59.7 Å². The summed E-state index contributed by atoms with van der Waals surface area (Å²) in [4.78, 5) is 11.7. The first-order valence-corrected chi connectivity index (χ1v) is 7.37. The molecule has 2 rings (SSSR count). The van der Waals surface area contributed by atoms with Gasteiger partial charge in [-0.3, -0.25) is 10.2 Å². The molecule has 2 aromatic carbocycles. The van der Waals surface area contributed by atoms with Gasteiger partial charge in [0.05, 0.1) is 15.4 Å². The maximum absolute atomic E-state index is 12.6. The molecule has 0 saturated carbocycles. The van der Waals surface area contributed by atoms with Crippen LogP contribution in [0.25, 0.3) is 0 Å². The summed E-state index contributed by atoms with van der Waals surface area (Å²) in [5.41, 5.74) is 2.93. The maximum Gasteiger partial charge on any atom is 0.266 e. The van der Waals surface area contributed by atoms with E-state index < -0.39 is 15.7 Å². The normalized spacial score (nSPS) is 11.1. The van der Waals surface area contributed by atoms with Crippen LogP contribution in [0, 0.1) is 6.92 Å². The van der Waals surface area contributed by atoms with E-state index in [0.29, 0.717) is 0 Å². The average Bonchev–Trinajstić information content (AvgIpc) is 2.47. The van der Waals surface area contributed by atoms with Crippen molar-refractivity contribution in [1.82, 2.24) is 5.43 Å². The Labute approximate surface area is 117 Å². The minimum absolute atomic E-state index is 0.0237. The monoisotopic (exact) mass is 290 g/mol. The molecule has 0 aliphatic rings. The lowest BCUT2D eigenvalue weighted by molar-refractivity contribution is 0.0950. The van der Waals surface area contributed by atoms with E-state index >= 15 is 0 Å². The van der Waals surface area contributed by atoms with E-state index in [2.05, 4.69) is 0 Å². The third kappa shape index (κ3) is 2.56. The molecular formula is C14H14N2O3S. The second-order valence-electron chi connectivity index (χ2n) is 4.29. The highest BCUT2D eigenvalue weighted by Gasteiger charge is 2.23. The number of nitrogens with one attached hydrogen (secondary N) is 1. The third-order valence-electron chi connectivity index (χ3n) is 2.88.